The van der Waals surface area contributed by atoms with Crippen LogP contribution in [-0.2, 0) is 0 Å². The van der Waals surface area contributed by atoms with E-state index in [1.807, 2.05) is 0 Å². The smallest absolute Gasteiger partial charge is 0.390 e. The zero-order valence-corrected chi connectivity index (χ0v) is 12.0. The lowest BCUT2D eigenvalue weighted by Gasteiger charge is -2.02. The number of aromatic carboxylic acids is 1. The number of carbonyl (C=O) groups is 1. The van der Waals surface area contributed by atoms with Crippen molar-refractivity contribution in [1.82, 2.24) is 0 Å². The summed E-state index contributed by atoms with van der Waals surface area (Å²) in [5.74, 6) is -1.40. The Bertz CT molecular complexity index is 1320. The molecule has 0 aliphatic rings. The molecule has 0 aliphatic carbocycles. The first-order valence-corrected chi connectivity index (χ1v) is 6.71. The monoisotopic (exact) mass is 346 g/mol. The average molecular weight is 346 g/mol. The van der Waals surface area contributed by atoms with Crippen molar-refractivity contribution in [3.05, 3.63) is 56.7 Å². The highest BCUT2D eigenvalue weighted by Crippen LogP contribution is 2.29. The van der Waals surface area contributed by atoms with Gasteiger partial charge in [0.25, 0.3) is 0 Å². The first-order chi connectivity index (χ1) is 12.0. The Hall–Kier alpha value is -3.95. The van der Waals surface area contributed by atoms with Gasteiger partial charge in [-0.25, -0.2) is 23.5 Å². The highest BCUT2D eigenvalue weighted by molar-refractivity contribution is 6.10. The molecule has 126 valence electrons. The van der Waals surface area contributed by atoms with E-state index in [9.17, 15) is 19.5 Å². The first kappa shape index (κ1) is 14.6. The maximum Gasteiger partial charge on any atom is 0.390 e. The zero-order chi connectivity index (χ0) is 17.6. The van der Waals surface area contributed by atoms with Crippen molar-refractivity contribution in [2.24, 2.45) is 0 Å². The standard InChI is InChI=1S/C15H6O10/c16-13(17)10-9-5-8(11-12(10)23-22-11)15(19)25-24-14(18)6-2-1-3-7(4-6)20-21-9/h1-5H,(H,16,17). The molecule has 0 spiro atoms. The number of carboxylic acid groups (broad SMARTS) is 1. The van der Waals surface area contributed by atoms with E-state index in [1.54, 1.807) is 0 Å². The van der Waals surface area contributed by atoms with Gasteiger partial charge < -0.3 is 5.11 Å². The summed E-state index contributed by atoms with van der Waals surface area (Å²) in [5, 5.41) is 9.06. The fourth-order valence-electron chi connectivity index (χ4n) is 2.18. The van der Waals surface area contributed by atoms with Gasteiger partial charge in [0.2, 0.25) is 11.2 Å². The second kappa shape index (κ2) is 5.30. The van der Waals surface area contributed by atoms with Gasteiger partial charge in [0.15, 0.2) is 16.7 Å². The number of fused-ring (bicyclic) bond motifs is 6. The summed E-state index contributed by atoms with van der Waals surface area (Å²) in [6, 6.07) is 6.56. The summed E-state index contributed by atoms with van der Waals surface area (Å²) < 4.78 is 28.3. The third-order valence-electron chi connectivity index (χ3n) is 3.33. The summed E-state index contributed by atoms with van der Waals surface area (Å²) in [7, 11) is 0. The van der Waals surface area contributed by atoms with Crippen LogP contribution in [0.2, 0.25) is 0 Å². The van der Waals surface area contributed by atoms with E-state index in [4.69, 9.17) is 9.15 Å². The van der Waals surface area contributed by atoms with Gasteiger partial charge in [-0.15, -0.1) is 0 Å². The van der Waals surface area contributed by atoms with Crippen molar-refractivity contribution in [1.29, 1.82) is 0 Å². The molecule has 4 rings (SSSR count). The Kier molecular flexibility index (Phi) is 3.10. The van der Waals surface area contributed by atoms with E-state index in [1.165, 1.54) is 24.3 Å². The number of rotatable bonds is 1. The maximum absolute atomic E-state index is 12.1. The fourth-order valence-corrected chi connectivity index (χ4v) is 2.18. The predicted molar refractivity (Wildman–Crippen MR) is 78.5 cm³/mol. The third-order valence-corrected chi connectivity index (χ3v) is 3.33. The van der Waals surface area contributed by atoms with Crippen molar-refractivity contribution in [2.45, 2.75) is 0 Å². The molecule has 0 radical (unpaired) electrons. The topological polar surface area (TPSA) is 150 Å². The lowest BCUT2D eigenvalue weighted by atomic mass is 10.1. The van der Waals surface area contributed by atoms with Crippen LogP contribution in [0.25, 0.3) is 33.1 Å². The van der Waals surface area contributed by atoms with Gasteiger partial charge in [0.1, 0.15) is 5.39 Å². The molecule has 1 N–H and O–H groups in total. The second-order valence-electron chi connectivity index (χ2n) is 4.86. The minimum atomic E-state index is -1.40. The molecule has 0 fully saturated rings. The van der Waals surface area contributed by atoms with Crippen LogP contribution in [0.3, 0.4) is 0 Å². The molecule has 2 heterocycles. The van der Waals surface area contributed by atoms with E-state index in [2.05, 4.69) is 18.3 Å². The molecule has 10 heteroatoms. The summed E-state index contributed by atoms with van der Waals surface area (Å²) in [4.78, 5) is 35.4. The quantitative estimate of drug-likeness (QED) is 0.509. The minimum absolute atomic E-state index is 0.0178. The molecule has 0 saturated carbocycles. The van der Waals surface area contributed by atoms with Crippen LogP contribution in [-0.4, -0.2) is 11.1 Å². The first-order valence-electron chi connectivity index (χ1n) is 6.71. The largest absolute Gasteiger partial charge is 0.477 e. The van der Waals surface area contributed by atoms with Crippen molar-refractivity contribution >= 4 is 39.1 Å². The van der Waals surface area contributed by atoms with Crippen LogP contribution in [0, 0.1) is 0 Å². The minimum Gasteiger partial charge on any atom is -0.477 e. The molecule has 2 aromatic carbocycles. The number of benzene rings is 2. The van der Waals surface area contributed by atoms with Gasteiger partial charge in [-0.3, -0.25) is 18.3 Å². The van der Waals surface area contributed by atoms with Crippen molar-refractivity contribution < 1.29 is 37.4 Å². The molecule has 0 atom stereocenters. The van der Waals surface area contributed by atoms with Crippen molar-refractivity contribution in [3.63, 3.8) is 0 Å². The van der Waals surface area contributed by atoms with Crippen LogP contribution < -0.4 is 11.3 Å². The Morgan fingerprint density at radius 1 is 0.840 bits per heavy atom. The lowest BCUT2D eigenvalue weighted by Crippen LogP contribution is -2.05. The number of hydrogen-bond acceptors (Lipinski definition) is 9. The summed E-state index contributed by atoms with van der Waals surface area (Å²) in [6.45, 7) is 0. The highest BCUT2D eigenvalue weighted by Gasteiger charge is 2.25. The van der Waals surface area contributed by atoms with Gasteiger partial charge in [-0.1, -0.05) is 6.07 Å². The molecule has 10 nitrogen and oxygen atoms in total. The van der Waals surface area contributed by atoms with Gasteiger partial charge in [-0.2, -0.15) is 0 Å². The van der Waals surface area contributed by atoms with E-state index < -0.39 is 22.8 Å². The van der Waals surface area contributed by atoms with Gasteiger partial charge in [0.05, 0.1) is 5.39 Å². The van der Waals surface area contributed by atoms with Crippen LogP contribution in [0.15, 0.2) is 67.4 Å². The molecule has 0 unspecified atom stereocenters. The van der Waals surface area contributed by atoms with Crippen molar-refractivity contribution in [2.75, 3.05) is 0 Å². The van der Waals surface area contributed by atoms with E-state index in [0.29, 0.717) is 0 Å². The molecule has 2 aromatic heterocycles. The Morgan fingerprint density at radius 2 is 1.60 bits per heavy atom. The van der Waals surface area contributed by atoms with Crippen LogP contribution >= 0.6 is 0 Å². The molecular formula is C15H6O10. The zero-order valence-electron chi connectivity index (χ0n) is 12.0. The second-order valence-corrected chi connectivity index (χ2v) is 4.86. The molecule has 0 amide bonds. The lowest BCUT2D eigenvalue weighted by molar-refractivity contribution is 0.0232. The molecule has 4 bridgehead atoms. The molecule has 0 saturated heterocycles. The van der Waals surface area contributed by atoms with E-state index in [-0.39, 0.29) is 33.1 Å². The van der Waals surface area contributed by atoms with Crippen molar-refractivity contribution in [3.8, 4) is 0 Å². The summed E-state index contributed by atoms with van der Waals surface area (Å²) in [5.41, 5.74) is -3.18. The van der Waals surface area contributed by atoms with Crippen LogP contribution in [0.4, 0.5) is 0 Å². The normalized spacial score (nSPS) is 11.0. The average Bonchev–Trinajstić information content (AvgIpc) is 2.57. The van der Waals surface area contributed by atoms with Gasteiger partial charge in [-0.05, 0) is 12.1 Å². The maximum atomic E-state index is 12.1. The SMILES string of the molecule is O=C(O)c1c2cc(c(=O)ooc(=O)c3cccc(c3)oo2)c2ooc12. The molecule has 25 heavy (non-hydrogen) atoms. The summed E-state index contributed by atoms with van der Waals surface area (Å²) in [6.07, 6.45) is 0. The predicted octanol–water partition coefficient (Wildman–Crippen LogP) is 2.81. The number of hydrogen-bond donors (Lipinski definition) is 1. The Morgan fingerprint density at radius 3 is 2.32 bits per heavy atom. The Balaban J connectivity index is 2.28. The number of carboxylic acids is 1. The van der Waals surface area contributed by atoms with Gasteiger partial charge >= 0.3 is 17.2 Å². The van der Waals surface area contributed by atoms with Gasteiger partial charge in [0, 0.05) is 12.1 Å². The van der Waals surface area contributed by atoms with Crippen LogP contribution in [0.1, 0.15) is 10.4 Å². The summed E-state index contributed by atoms with van der Waals surface area (Å²) >= 11 is 0. The fraction of sp³-hybridized carbons (Fsp3) is 0. The molecular weight excluding hydrogens is 340 g/mol. The highest BCUT2D eigenvalue weighted by atomic mass is 17.0. The molecule has 0 aliphatic heterocycles. The van der Waals surface area contributed by atoms with E-state index >= 15 is 0 Å². The van der Waals surface area contributed by atoms with Crippen LogP contribution in [0.5, 0.6) is 0 Å². The molecule has 4 aromatic rings. The van der Waals surface area contributed by atoms with E-state index in [0.717, 1.165) is 6.07 Å². The Labute approximate surface area is 134 Å². The third kappa shape index (κ3) is 2.32.